The van der Waals surface area contributed by atoms with E-state index in [4.69, 9.17) is 0 Å². The highest BCUT2D eigenvalue weighted by Crippen LogP contribution is 2.08. The maximum Gasteiger partial charge on any atom is 0.221 e. The van der Waals surface area contributed by atoms with Crippen molar-refractivity contribution >= 4 is 17.2 Å². The molecule has 0 saturated carbocycles. The van der Waals surface area contributed by atoms with Gasteiger partial charge >= 0.3 is 0 Å². The molecule has 0 radical (unpaired) electrons. The van der Waals surface area contributed by atoms with E-state index in [2.05, 4.69) is 15.5 Å². The Morgan fingerprint density at radius 2 is 2.38 bits per heavy atom. The number of carbonyl (C=O) groups excluding carboxylic acids is 1. The van der Waals surface area contributed by atoms with Gasteiger partial charge in [-0.1, -0.05) is 0 Å². The number of amides is 1. The highest BCUT2D eigenvalue weighted by molar-refractivity contribution is 5.88. The van der Waals surface area contributed by atoms with Crippen molar-refractivity contribution < 1.29 is 4.79 Å². The minimum atomic E-state index is -0.0903. The van der Waals surface area contributed by atoms with Gasteiger partial charge in [0.25, 0.3) is 0 Å². The molecule has 0 aliphatic carbocycles. The summed E-state index contributed by atoms with van der Waals surface area (Å²) in [4.78, 5) is 10.7. The molecule has 0 aliphatic heterocycles. The van der Waals surface area contributed by atoms with Gasteiger partial charge in [0.2, 0.25) is 5.91 Å². The third-order valence-corrected chi connectivity index (χ3v) is 1.61. The van der Waals surface area contributed by atoms with Crippen molar-refractivity contribution in [3.63, 3.8) is 0 Å². The van der Waals surface area contributed by atoms with Gasteiger partial charge in [-0.25, -0.2) is 0 Å². The van der Waals surface area contributed by atoms with Crippen molar-refractivity contribution in [2.75, 3.05) is 5.32 Å². The topological polar surface area (TPSA) is 59.3 Å². The number of hydrogen-bond donors (Lipinski definition) is 1. The Morgan fingerprint density at radius 1 is 1.54 bits per heavy atom. The summed E-state index contributed by atoms with van der Waals surface area (Å²) in [6, 6.07) is 3.57. The molecule has 0 spiro atoms. The Kier molecular flexibility index (Phi) is 1.70. The summed E-state index contributed by atoms with van der Waals surface area (Å²) < 4.78 is 1.74. The van der Waals surface area contributed by atoms with E-state index >= 15 is 0 Å². The first kappa shape index (κ1) is 7.72. The van der Waals surface area contributed by atoms with Crippen molar-refractivity contribution in [1.82, 2.24) is 14.6 Å². The van der Waals surface area contributed by atoms with Crippen molar-refractivity contribution in [3.8, 4) is 0 Å². The zero-order valence-corrected chi connectivity index (χ0v) is 7.06. The number of fused-ring (bicyclic) bond motifs is 1. The zero-order chi connectivity index (χ0) is 9.26. The number of hydrogen-bond acceptors (Lipinski definition) is 3. The lowest BCUT2D eigenvalue weighted by atomic mass is 10.4. The first-order valence-electron chi connectivity index (χ1n) is 3.83. The highest BCUT2D eigenvalue weighted by Gasteiger charge is 1.97. The second-order valence-corrected chi connectivity index (χ2v) is 2.70. The molecule has 0 saturated heterocycles. The summed E-state index contributed by atoms with van der Waals surface area (Å²) in [7, 11) is 0. The predicted molar refractivity (Wildman–Crippen MR) is 47.3 cm³/mol. The molecule has 0 fully saturated rings. The SMILES string of the molecule is CC(=O)Nc1ccc2nncn2c1. The molecule has 1 amide bonds. The largest absolute Gasteiger partial charge is 0.325 e. The standard InChI is InChI=1S/C8H8N4O/c1-6(13)10-7-2-3-8-11-9-5-12(8)4-7/h2-5H,1H3,(H,10,13). The number of anilines is 1. The second-order valence-electron chi connectivity index (χ2n) is 2.70. The molecule has 2 heterocycles. The van der Waals surface area contributed by atoms with Gasteiger partial charge < -0.3 is 5.32 Å². The van der Waals surface area contributed by atoms with Gasteiger partial charge in [0.15, 0.2) is 5.65 Å². The number of aromatic nitrogens is 3. The van der Waals surface area contributed by atoms with Crippen LogP contribution in [0, 0.1) is 0 Å². The maximum absolute atomic E-state index is 10.7. The predicted octanol–water partition coefficient (Wildman–Crippen LogP) is 0.688. The van der Waals surface area contributed by atoms with Crippen LogP contribution in [-0.4, -0.2) is 20.5 Å². The first-order valence-corrected chi connectivity index (χ1v) is 3.83. The minimum absolute atomic E-state index is 0.0903. The molecule has 2 aromatic heterocycles. The molecule has 13 heavy (non-hydrogen) atoms. The summed E-state index contributed by atoms with van der Waals surface area (Å²) in [5, 5.41) is 10.2. The summed E-state index contributed by atoms with van der Waals surface area (Å²) >= 11 is 0. The van der Waals surface area contributed by atoms with Crippen LogP contribution in [0.15, 0.2) is 24.7 Å². The van der Waals surface area contributed by atoms with Gasteiger partial charge in [-0.2, -0.15) is 0 Å². The number of nitrogens with zero attached hydrogens (tertiary/aromatic N) is 3. The van der Waals surface area contributed by atoms with Crippen LogP contribution in [0.4, 0.5) is 5.69 Å². The van der Waals surface area contributed by atoms with Gasteiger partial charge in [-0.3, -0.25) is 9.20 Å². The third-order valence-electron chi connectivity index (χ3n) is 1.61. The molecule has 5 heteroatoms. The number of pyridine rings is 1. The van der Waals surface area contributed by atoms with Crippen molar-refractivity contribution in [1.29, 1.82) is 0 Å². The van der Waals surface area contributed by atoms with Crippen LogP contribution in [0.2, 0.25) is 0 Å². The van der Waals surface area contributed by atoms with E-state index in [9.17, 15) is 4.79 Å². The smallest absolute Gasteiger partial charge is 0.221 e. The summed E-state index contributed by atoms with van der Waals surface area (Å²) in [6.07, 6.45) is 3.34. The fourth-order valence-corrected chi connectivity index (χ4v) is 1.10. The van der Waals surface area contributed by atoms with E-state index in [1.807, 2.05) is 0 Å². The molecule has 1 N–H and O–H groups in total. The molecular weight excluding hydrogens is 168 g/mol. The normalized spacial score (nSPS) is 10.2. The first-order chi connectivity index (χ1) is 6.25. The molecule has 0 aromatic carbocycles. The molecule has 0 unspecified atom stereocenters. The highest BCUT2D eigenvalue weighted by atomic mass is 16.1. The lowest BCUT2D eigenvalue weighted by Gasteiger charge is -2.00. The summed E-state index contributed by atoms with van der Waals surface area (Å²) in [5.74, 6) is -0.0903. The third kappa shape index (κ3) is 1.48. The molecule has 5 nitrogen and oxygen atoms in total. The van der Waals surface area contributed by atoms with E-state index < -0.39 is 0 Å². The molecule has 0 bridgehead atoms. The van der Waals surface area contributed by atoms with E-state index in [0.29, 0.717) is 0 Å². The Labute approximate surface area is 74.4 Å². The molecule has 66 valence electrons. The maximum atomic E-state index is 10.7. The van der Waals surface area contributed by atoms with Crippen LogP contribution >= 0.6 is 0 Å². The Hall–Kier alpha value is -1.91. The quantitative estimate of drug-likeness (QED) is 0.695. The lowest BCUT2D eigenvalue weighted by molar-refractivity contribution is -0.114. The number of rotatable bonds is 1. The van der Waals surface area contributed by atoms with Crippen molar-refractivity contribution in [2.45, 2.75) is 6.92 Å². The van der Waals surface area contributed by atoms with Crippen molar-refractivity contribution in [2.24, 2.45) is 0 Å². The Bertz CT molecular complexity index is 448. The zero-order valence-electron chi connectivity index (χ0n) is 7.06. The van der Waals surface area contributed by atoms with Gasteiger partial charge in [0.05, 0.1) is 5.69 Å². The van der Waals surface area contributed by atoms with E-state index in [1.54, 1.807) is 29.1 Å². The van der Waals surface area contributed by atoms with E-state index in [-0.39, 0.29) is 5.91 Å². The van der Waals surface area contributed by atoms with Crippen LogP contribution in [0.1, 0.15) is 6.92 Å². The van der Waals surface area contributed by atoms with Gasteiger partial charge in [-0.15, -0.1) is 10.2 Å². The fraction of sp³-hybridized carbons (Fsp3) is 0.125. The van der Waals surface area contributed by atoms with E-state index in [1.165, 1.54) is 6.92 Å². The monoisotopic (exact) mass is 176 g/mol. The lowest BCUT2D eigenvalue weighted by Crippen LogP contribution is -2.06. The van der Waals surface area contributed by atoms with Crippen LogP contribution in [0.5, 0.6) is 0 Å². The summed E-state index contributed by atoms with van der Waals surface area (Å²) in [6.45, 7) is 1.47. The average molecular weight is 176 g/mol. The molecular formula is C8H8N4O. The second kappa shape index (κ2) is 2.85. The van der Waals surface area contributed by atoms with Crippen LogP contribution in [0.3, 0.4) is 0 Å². The van der Waals surface area contributed by atoms with Crippen LogP contribution in [-0.2, 0) is 4.79 Å². The van der Waals surface area contributed by atoms with Crippen LogP contribution in [0.25, 0.3) is 5.65 Å². The average Bonchev–Trinajstić information content (AvgIpc) is 2.49. The molecule has 0 aliphatic rings. The molecule has 0 atom stereocenters. The molecule has 2 rings (SSSR count). The van der Waals surface area contributed by atoms with Gasteiger partial charge in [0, 0.05) is 13.1 Å². The molecule has 2 aromatic rings. The van der Waals surface area contributed by atoms with Crippen LogP contribution < -0.4 is 5.32 Å². The van der Waals surface area contributed by atoms with Crippen molar-refractivity contribution in [3.05, 3.63) is 24.7 Å². The van der Waals surface area contributed by atoms with E-state index in [0.717, 1.165) is 11.3 Å². The minimum Gasteiger partial charge on any atom is -0.325 e. The van der Waals surface area contributed by atoms with Gasteiger partial charge in [0.1, 0.15) is 6.33 Å². The summed E-state index contributed by atoms with van der Waals surface area (Å²) in [5.41, 5.74) is 1.49. The fourth-order valence-electron chi connectivity index (χ4n) is 1.10. The number of carbonyl (C=O) groups is 1. The Balaban J connectivity index is 2.42. The Morgan fingerprint density at radius 3 is 3.15 bits per heavy atom. The number of nitrogens with one attached hydrogen (secondary N) is 1. The van der Waals surface area contributed by atoms with Gasteiger partial charge in [-0.05, 0) is 12.1 Å².